The molecule has 0 fully saturated rings. The predicted molar refractivity (Wildman–Crippen MR) is 83.9 cm³/mol. The van der Waals surface area contributed by atoms with Gasteiger partial charge in [-0.05, 0) is 25.1 Å². The minimum Gasteiger partial charge on any atom is -0.494 e. The molecule has 2 N–H and O–H groups in total. The maximum Gasteiger partial charge on any atom is 0.153 e. The summed E-state index contributed by atoms with van der Waals surface area (Å²) in [5.74, 6) is 1.10. The van der Waals surface area contributed by atoms with Gasteiger partial charge in [-0.15, -0.1) is 0 Å². The average Bonchev–Trinajstić information content (AvgIpc) is 2.85. The number of hydrogen-bond donors (Lipinski definition) is 1. The van der Waals surface area contributed by atoms with Gasteiger partial charge >= 0.3 is 0 Å². The highest BCUT2D eigenvalue weighted by Crippen LogP contribution is 2.24. The lowest BCUT2D eigenvalue weighted by atomic mass is 10.2. The van der Waals surface area contributed by atoms with E-state index in [0.29, 0.717) is 23.7 Å². The molecule has 21 heavy (non-hydrogen) atoms. The van der Waals surface area contributed by atoms with Crippen molar-refractivity contribution < 1.29 is 4.74 Å². The zero-order chi connectivity index (χ0) is 14.8. The van der Waals surface area contributed by atoms with Crippen molar-refractivity contribution in [2.75, 3.05) is 12.3 Å². The van der Waals surface area contributed by atoms with Gasteiger partial charge in [0.15, 0.2) is 5.82 Å². The topological polar surface area (TPSA) is 66.0 Å². The van der Waals surface area contributed by atoms with E-state index in [0.717, 1.165) is 16.8 Å². The Morgan fingerprint density at radius 3 is 2.81 bits per heavy atom. The molecule has 0 aliphatic carbocycles. The first-order valence-electron chi connectivity index (χ1n) is 6.72. The van der Waals surface area contributed by atoms with E-state index in [2.05, 4.69) is 16.7 Å². The lowest BCUT2D eigenvalue weighted by molar-refractivity contribution is 0.299. The molecule has 2 heterocycles. The number of hydrogen-bond acceptors (Lipinski definition) is 4. The molecule has 0 bridgehead atoms. The van der Waals surface area contributed by atoms with Gasteiger partial charge in [-0.3, -0.25) is 0 Å². The van der Waals surface area contributed by atoms with Crippen molar-refractivity contribution in [3.8, 4) is 5.69 Å². The van der Waals surface area contributed by atoms with Crippen molar-refractivity contribution in [3.63, 3.8) is 0 Å². The van der Waals surface area contributed by atoms with Crippen molar-refractivity contribution in [1.82, 2.24) is 14.8 Å². The first-order valence-corrected chi connectivity index (χ1v) is 6.72. The summed E-state index contributed by atoms with van der Waals surface area (Å²) in [5.41, 5.74) is 9.24. The summed E-state index contributed by atoms with van der Waals surface area (Å²) in [4.78, 5) is 4.38. The number of aromatic nitrogens is 3. The highest BCUT2D eigenvalue weighted by atomic mass is 16.5. The summed E-state index contributed by atoms with van der Waals surface area (Å²) in [6.45, 7) is 6.36. The number of nitrogens with two attached hydrogens (primary N) is 1. The Labute approximate surface area is 122 Å². The molecule has 1 aromatic carbocycles. The molecule has 0 aliphatic heterocycles. The highest BCUT2D eigenvalue weighted by molar-refractivity contribution is 5.87. The Morgan fingerprint density at radius 1 is 1.33 bits per heavy atom. The van der Waals surface area contributed by atoms with E-state index < -0.39 is 0 Å². The van der Waals surface area contributed by atoms with Crippen LogP contribution < -0.4 is 5.73 Å². The smallest absolute Gasteiger partial charge is 0.153 e. The van der Waals surface area contributed by atoms with Crippen LogP contribution in [0.2, 0.25) is 0 Å². The number of ether oxygens (including phenoxy) is 1. The monoisotopic (exact) mass is 280 g/mol. The summed E-state index contributed by atoms with van der Waals surface area (Å²) in [5, 5.41) is 4.52. The fourth-order valence-corrected chi connectivity index (χ4v) is 2.16. The van der Waals surface area contributed by atoms with Crippen molar-refractivity contribution in [3.05, 3.63) is 54.7 Å². The molecule has 0 spiro atoms. The van der Waals surface area contributed by atoms with Gasteiger partial charge in [0.25, 0.3) is 0 Å². The van der Waals surface area contributed by atoms with E-state index in [1.807, 2.05) is 43.3 Å². The Hall–Kier alpha value is -2.82. The van der Waals surface area contributed by atoms with Crippen LogP contribution in [-0.2, 0) is 4.74 Å². The zero-order valence-electron chi connectivity index (χ0n) is 11.8. The zero-order valence-corrected chi connectivity index (χ0v) is 11.8. The molecule has 0 atom stereocenters. The number of nitrogen functional groups attached to an aromatic ring is 1. The summed E-state index contributed by atoms with van der Waals surface area (Å²) < 4.78 is 7.08. The standard InChI is InChI=1S/C16H16N4O/c1-3-21-11(2)12-9-14-15(18-10-12)16(17)20(19-14)13-7-5-4-6-8-13/h4-10H,2-3,17H2,1H3. The third kappa shape index (κ3) is 2.33. The van der Waals surface area contributed by atoms with Crippen LogP contribution in [0.1, 0.15) is 12.5 Å². The van der Waals surface area contributed by atoms with Crippen molar-refractivity contribution in [2.45, 2.75) is 6.92 Å². The average molecular weight is 280 g/mol. The van der Waals surface area contributed by atoms with Gasteiger partial charge in [0.2, 0.25) is 0 Å². The molecule has 0 saturated heterocycles. The second kappa shape index (κ2) is 5.28. The van der Waals surface area contributed by atoms with Gasteiger partial charge in [0.05, 0.1) is 12.3 Å². The van der Waals surface area contributed by atoms with Crippen LogP contribution in [0, 0.1) is 0 Å². The fraction of sp³-hybridized carbons (Fsp3) is 0.125. The first-order chi connectivity index (χ1) is 10.2. The lowest BCUT2D eigenvalue weighted by Crippen LogP contribution is -2.01. The van der Waals surface area contributed by atoms with Crippen LogP contribution in [0.25, 0.3) is 22.5 Å². The maximum atomic E-state index is 6.14. The molecule has 5 heteroatoms. The number of nitrogens with zero attached hydrogens (tertiary/aromatic N) is 3. The fourth-order valence-electron chi connectivity index (χ4n) is 2.16. The molecule has 0 radical (unpaired) electrons. The summed E-state index contributed by atoms with van der Waals surface area (Å²) >= 11 is 0. The van der Waals surface area contributed by atoms with Crippen LogP contribution in [0.4, 0.5) is 5.82 Å². The minimum absolute atomic E-state index is 0.518. The quantitative estimate of drug-likeness (QED) is 0.746. The number of pyridine rings is 1. The van der Waals surface area contributed by atoms with Gasteiger partial charge in [-0.25, -0.2) is 9.67 Å². The molecule has 106 valence electrons. The van der Waals surface area contributed by atoms with Gasteiger partial charge in [0.1, 0.15) is 16.8 Å². The molecule has 0 unspecified atom stereocenters. The second-order valence-corrected chi connectivity index (χ2v) is 4.58. The van der Waals surface area contributed by atoms with Crippen molar-refractivity contribution in [1.29, 1.82) is 0 Å². The summed E-state index contributed by atoms with van der Waals surface area (Å²) in [6.07, 6.45) is 1.70. The number of anilines is 1. The predicted octanol–water partition coefficient (Wildman–Crippen LogP) is 3.01. The number of rotatable bonds is 4. The molecule has 5 nitrogen and oxygen atoms in total. The van der Waals surface area contributed by atoms with Gasteiger partial charge in [-0.1, -0.05) is 24.8 Å². The van der Waals surface area contributed by atoms with Crippen LogP contribution in [0.5, 0.6) is 0 Å². The number of fused-ring (bicyclic) bond motifs is 1. The van der Waals surface area contributed by atoms with Crippen molar-refractivity contribution >= 4 is 22.6 Å². The molecule has 3 rings (SSSR count). The SMILES string of the molecule is C=C(OCC)c1cnc2c(N)n(-c3ccccc3)nc2c1. The van der Waals surface area contributed by atoms with E-state index in [1.54, 1.807) is 10.9 Å². The first kappa shape index (κ1) is 13.2. The highest BCUT2D eigenvalue weighted by Gasteiger charge is 2.12. The third-order valence-corrected chi connectivity index (χ3v) is 3.19. The van der Waals surface area contributed by atoms with Crippen LogP contribution in [-0.4, -0.2) is 21.4 Å². The van der Waals surface area contributed by atoms with E-state index in [9.17, 15) is 0 Å². The molecule has 0 aliphatic rings. The van der Waals surface area contributed by atoms with Crippen LogP contribution in [0.3, 0.4) is 0 Å². The molecular weight excluding hydrogens is 264 g/mol. The van der Waals surface area contributed by atoms with E-state index in [4.69, 9.17) is 10.5 Å². The van der Waals surface area contributed by atoms with E-state index in [-0.39, 0.29) is 0 Å². The Kier molecular flexibility index (Phi) is 3.31. The van der Waals surface area contributed by atoms with Gasteiger partial charge in [0, 0.05) is 11.8 Å². The molecule has 3 aromatic rings. The number of benzene rings is 1. The largest absolute Gasteiger partial charge is 0.494 e. The number of para-hydroxylation sites is 1. The van der Waals surface area contributed by atoms with Gasteiger partial charge < -0.3 is 10.5 Å². The molecular formula is C16H16N4O. The Balaban J connectivity index is 2.10. The van der Waals surface area contributed by atoms with Crippen LogP contribution >= 0.6 is 0 Å². The molecule has 0 amide bonds. The minimum atomic E-state index is 0.518. The van der Waals surface area contributed by atoms with Crippen LogP contribution in [0.15, 0.2) is 49.2 Å². The normalized spacial score (nSPS) is 10.7. The van der Waals surface area contributed by atoms with Gasteiger partial charge in [-0.2, -0.15) is 5.10 Å². The van der Waals surface area contributed by atoms with E-state index in [1.165, 1.54) is 0 Å². The Morgan fingerprint density at radius 2 is 2.10 bits per heavy atom. The molecule has 0 saturated carbocycles. The third-order valence-electron chi connectivity index (χ3n) is 3.19. The Bertz CT molecular complexity index is 793. The lowest BCUT2D eigenvalue weighted by Gasteiger charge is -2.05. The maximum absolute atomic E-state index is 6.14. The molecule has 2 aromatic heterocycles. The summed E-state index contributed by atoms with van der Waals surface area (Å²) in [6, 6.07) is 11.6. The van der Waals surface area contributed by atoms with E-state index >= 15 is 0 Å². The second-order valence-electron chi connectivity index (χ2n) is 4.58. The summed E-state index contributed by atoms with van der Waals surface area (Å²) in [7, 11) is 0. The van der Waals surface area contributed by atoms with Crippen molar-refractivity contribution in [2.24, 2.45) is 0 Å².